The molecule has 118 valence electrons. The lowest BCUT2D eigenvalue weighted by atomic mass is 10.2. The van der Waals surface area contributed by atoms with Gasteiger partial charge in [-0.05, 0) is 31.0 Å². The Kier molecular flexibility index (Phi) is 5.03. The number of amides is 4. The molecular formula is C15H18ClN3O3. The fourth-order valence-corrected chi connectivity index (χ4v) is 2.50. The van der Waals surface area contributed by atoms with Crippen molar-refractivity contribution in [2.75, 3.05) is 25.5 Å². The molecule has 1 aromatic carbocycles. The molecule has 0 aliphatic carbocycles. The minimum Gasteiger partial charge on any atom is -0.325 e. The number of hydrogen-bond acceptors (Lipinski definition) is 3. The van der Waals surface area contributed by atoms with Crippen LogP contribution >= 0.6 is 11.6 Å². The second kappa shape index (κ2) is 6.79. The fraction of sp³-hybridized carbons (Fsp3) is 0.400. The van der Waals surface area contributed by atoms with Gasteiger partial charge in [-0.3, -0.25) is 14.5 Å². The van der Waals surface area contributed by atoms with E-state index in [9.17, 15) is 14.4 Å². The molecule has 0 unspecified atom stereocenters. The molecule has 0 aromatic heterocycles. The molecule has 4 amide bonds. The van der Waals surface area contributed by atoms with E-state index >= 15 is 0 Å². The second-order valence-corrected chi connectivity index (χ2v) is 5.73. The predicted octanol–water partition coefficient (Wildman–Crippen LogP) is 2.26. The maximum Gasteiger partial charge on any atom is 0.326 e. The molecule has 7 heteroatoms. The van der Waals surface area contributed by atoms with Gasteiger partial charge in [0.25, 0.3) is 0 Å². The first-order valence-electron chi connectivity index (χ1n) is 7.00. The van der Waals surface area contributed by atoms with E-state index in [0.29, 0.717) is 17.1 Å². The summed E-state index contributed by atoms with van der Waals surface area (Å²) >= 11 is 6.05. The monoisotopic (exact) mass is 323 g/mol. The molecular weight excluding hydrogens is 306 g/mol. The first-order chi connectivity index (χ1) is 10.4. The van der Waals surface area contributed by atoms with Crippen molar-refractivity contribution >= 4 is 35.1 Å². The minimum absolute atomic E-state index is 0.101. The minimum atomic E-state index is -0.313. The Balaban J connectivity index is 1.81. The van der Waals surface area contributed by atoms with Crippen molar-refractivity contribution in [3.63, 3.8) is 0 Å². The summed E-state index contributed by atoms with van der Waals surface area (Å²) in [5, 5.41) is 3.21. The summed E-state index contributed by atoms with van der Waals surface area (Å²) in [6.07, 6.45) is 0.631. The molecule has 22 heavy (non-hydrogen) atoms. The van der Waals surface area contributed by atoms with E-state index in [4.69, 9.17) is 11.6 Å². The largest absolute Gasteiger partial charge is 0.326 e. The summed E-state index contributed by atoms with van der Waals surface area (Å²) in [4.78, 5) is 37.7. The molecule has 6 nitrogen and oxygen atoms in total. The molecule has 0 atom stereocenters. The zero-order valence-electron chi connectivity index (χ0n) is 12.6. The molecule has 1 N–H and O–H groups in total. The van der Waals surface area contributed by atoms with Gasteiger partial charge in [0.2, 0.25) is 11.8 Å². The number of carbonyl (C=O) groups excluding carboxylic acids is 3. The SMILES string of the molecule is Cc1ccc(NC(=O)CCCN2C(=O)CN(C)C2=O)c(Cl)c1. The van der Waals surface area contributed by atoms with Crippen LogP contribution in [0.25, 0.3) is 0 Å². The molecule has 0 saturated carbocycles. The molecule has 0 bridgehead atoms. The van der Waals surface area contributed by atoms with Crippen LogP contribution in [0.1, 0.15) is 18.4 Å². The van der Waals surface area contributed by atoms with Gasteiger partial charge >= 0.3 is 6.03 Å². The lowest BCUT2D eigenvalue weighted by Crippen LogP contribution is -2.32. The second-order valence-electron chi connectivity index (χ2n) is 5.32. The van der Waals surface area contributed by atoms with Crippen LogP contribution in [0.5, 0.6) is 0 Å². The van der Waals surface area contributed by atoms with E-state index in [2.05, 4.69) is 5.32 Å². The number of nitrogens with zero attached hydrogens (tertiary/aromatic N) is 2. The quantitative estimate of drug-likeness (QED) is 0.845. The smallest absolute Gasteiger partial charge is 0.325 e. The number of imide groups is 1. The van der Waals surface area contributed by atoms with Crippen molar-refractivity contribution in [2.45, 2.75) is 19.8 Å². The number of anilines is 1. The zero-order valence-corrected chi connectivity index (χ0v) is 13.3. The van der Waals surface area contributed by atoms with Crippen molar-refractivity contribution in [1.29, 1.82) is 0 Å². The highest BCUT2D eigenvalue weighted by Gasteiger charge is 2.32. The number of likely N-dealkylation sites (N-methyl/N-ethyl adjacent to an activating group) is 1. The molecule has 1 aromatic rings. The van der Waals surface area contributed by atoms with Crippen molar-refractivity contribution in [2.24, 2.45) is 0 Å². The summed E-state index contributed by atoms with van der Waals surface area (Å²) in [7, 11) is 1.58. The Hall–Kier alpha value is -2.08. The third kappa shape index (κ3) is 3.76. The number of carbonyl (C=O) groups is 3. The van der Waals surface area contributed by atoms with Crippen molar-refractivity contribution in [1.82, 2.24) is 9.80 Å². The summed E-state index contributed by atoms with van der Waals surface area (Å²) < 4.78 is 0. The maximum absolute atomic E-state index is 11.9. The van der Waals surface area contributed by atoms with Gasteiger partial charge in [-0.2, -0.15) is 0 Å². The summed E-state index contributed by atoms with van der Waals surface area (Å²) in [5.41, 5.74) is 1.57. The number of aryl methyl sites for hydroxylation is 1. The Labute approximate surface area is 134 Å². The number of halogens is 1. The molecule has 1 aliphatic rings. The van der Waals surface area contributed by atoms with Crippen molar-refractivity contribution in [3.8, 4) is 0 Å². The van der Waals surface area contributed by atoms with Crippen LogP contribution in [0.3, 0.4) is 0 Å². The highest BCUT2D eigenvalue weighted by molar-refractivity contribution is 6.33. The van der Waals surface area contributed by atoms with Crippen LogP contribution < -0.4 is 5.32 Å². The van der Waals surface area contributed by atoms with Crippen molar-refractivity contribution < 1.29 is 14.4 Å². The van der Waals surface area contributed by atoms with Crippen LogP contribution in [0, 0.1) is 6.92 Å². The van der Waals surface area contributed by atoms with Crippen molar-refractivity contribution in [3.05, 3.63) is 28.8 Å². The van der Waals surface area contributed by atoms with Gasteiger partial charge in [0, 0.05) is 20.0 Å². The standard InChI is InChI=1S/C15H18ClN3O3/c1-10-5-6-12(11(16)8-10)17-13(20)4-3-7-19-14(21)9-18(2)15(19)22/h5-6,8H,3-4,7,9H2,1-2H3,(H,17,20). The Bertz CT molecular complexity index is 618. The normalized spacial score (nSPS) is 14.7. The van der Waals surface area contributed by atoms with E-state index in [0.717, 1.165) is 5.56 Å². The van der Waals surface area contributed by atoms with E-state index in [-0.39, 0.29) is 37.4 Å². The van der Waals surface area contributed by atoms with Gasteiger partial charge in [0.1, 0.15) is 6.54 Å². The zero-order chi connectivity index (χ0) is 16.3. The first-order valence-corrected chi connectivity index (χ1v) is 7.37. The van der Waals surface area contributed by atoms with Gasteiger partial charge in [0.05, 0.1) is 10.7 Å². The van der Waals surface area contributed by atoms with Crippen LogP contribution in [-0.2, 0) is 9.59 Å². The predicted molar refractivity (Wildman–Crippen MR) is 83.8 cm³/mol. The molecule has 1 aliphatic heterocycles. The molecule has 1 fully saturated rings. The number of urea groups is 1. The van der Waals surface area contributed by atoms with Crippen LogP contribution in [-0.4, -0.2) is 47.8 Å². The first kappa shape index (κ1) is 16.3. The molecule has 2 rings (SSSR count). The van der Waals surface area contributed by atoms with Gasteiger partial charge < -0.3 is 10.2 Å². The van der Waals surface area contributed by atoms with Gasteiger partial charge in [-0.15, -0.1) is 0 Å². The van der Waals surface area contributed by atoms with Gasteiger partial charge in [-0.1, -0.05) is 17.7 Å². The lowest BCUT2D eigenvalue weighted by molar-refractivity contribution is -0.125. The maximum atomic E-state index is 11.9. The Morgan fingerprint density at radius 2 is 2.09 bits per heavy atom. The average Bonchev–Trinajstić information content (AvgIpc) is 2.68. The van der Waals surface area contributed by atoms with Gasteiger partial charge in [-0.25, -0.2) is 4.79 Å². The number of nitrogens with one attached hydrogen (secondary N) is 1. The third-order valence-electron chi connectivity index (χ3n) is 3.42. The average molecular weight is 324 g/mol. The molecule has 1 saturated heterocycles. The van der Waals surface area contributed by atoms with Gasteiger partial charge in [0.15, 0.2) is 0 Å². The Morgan fingerprint density at radius 3 is 2.68 bits per heavy atom. The van der Waals surface area contributed by atoms with E-state index < -0.39 is 0 Å². The van der Waals surface area contributed by atoms with Crippen LogP contribution in [0.4, 0.5) is 10.5 Å². The van der Waals surface area contributed by atoms with E-state index in [1.54, 1.807) is 19.2 Å². The topological polar surface area (TPSA) is 69.7 Å². The third-order valence-corrected chi connectivity index (χ3v) is 3.73. The number of benzene rings is 1. The van der Waals surface area contributed by atoms with E-state index in [1.807, 2.05) is 13.0 Å². The van der Waals surface area contributed by atoms with Crippen LogP contribution in [0.2, 0.25) is 5.02 Å². The molecule has 0 spiro atoms. The Morgan fingerprint density at radius 1 is 1.36 bits per heavy atom. The number of hydrogen-bond donors (Lipinski definition) is 1. The van der Waals surface area contributed by atoms with E-state index in [1.165, 1.54) is 9.80 Å². The lowest BCUT2D eigenvalue weighted by Gasteiger charge is -2.14. The molecule has 0 radical (unpaired) electrons. The highest BCUT2D eigenvalue weighted by Crippen LogP contribution is 2.22. The summed E-state index contributed by atoms with van der Waals surface area (Å²) in [5.74, 6) is -0.423. The fourth-order valence-electron chi connectivity index (χ4n) is 2.22. The highest BCUT2D eigenvalue weighted by atomic mass is 35.5. The number of rotatable bonds is 5. The summed E-state index contributed by atoms with van der Waals surface area (Å²) in [6.45, 7) is 2.26. The van der Waals surface area contributed by atoms with Crippen LogP contribution in [0.15, 0.2) is 18.2 Å². The molecule has 1 heterocycles. The summed E-state index contributed by atoms with van der Waals surface area (Å²) in [6, 6.07) is 5.07.